The quantitative estimate of drug-likeness (QED) is 0.649. The molecule has 1 aliphatic heterocycles. The first-order valence-electron chi connectivity index (χ1n) is 5.85. The predicted molar refractivity (Wildman–Crippen MR) is 56.4 cm³/mol. The Morgan fingerprint density at radius 2 is 1.87 bits per heavy atom. The van der Waals surface area contributed by atoms with E-state index < -0.39 is 0 Å². The lowest BCUT2D eigenvalue weighted by Crippen LogP contribution is -2.42. The smallest absolute Gasteiger partial charge is 0.315 e. The number of carbonyl (C=O) groups excluding carboxylic acids is 2. The maximum atomic E-state index is 11.9. The summed E-state index contributed by atoms with van der Waals surface area (Å²) in [7, 11) is 0. The van der Waals surface area contributed by atoms with Gasteiger partial charge >= 0.3 is 6.03 Å². The fourth-order valence-corrected chi connectivity index (χ4v) is 2.51. The Labute approximate surface area is 90.2 Å². The molecule has 1 saturated carbocycles. The van der Waals surface area contributed by atoms with Gasteiger partial charge < -0.3 is 4.90 Å². The van der Waals surface area contributed by atoms with E-state index in [-0.39, 0.29) is 24.5 Å². The average Bonchev–Trinajstić information content (AvgIpc) is 2.55. The van der Waals surface area contributed by atoms with Crippen molar-refractivity contribution in [2.45, 2.75) is 45.1 Å². The van der Waals surface area contributed by atoms with E-state index in [1.54, 1.807) is 4.90 Å². The highest BCUT2D eigenvalue weighted by Gasteiger charge is 2.39. The van der Waals surface area contributed by atoms with Gasteiger partial charge in [0.15, 0.2) is 0 Å². The third kappa shape index (κ3) is 1.85. The van der Waals surface area contributed by atoms with Gasteiger partial charge in [0.05, 0.1) is 0 Å². The zero-order valence-corrected chi connectivity index (χ0v) is 9.24. The van der Waals surface area contributed by atoms with E-state index in [1.807, 2.05) is 6.92 Å². The van der Waals surface area contributed by atoms with Crippen LogP contribution in [0, 0.1) is 0 Å². The fourth-order valence-electron chi connectivity index (χ4n) is 2.51. The van der Waals surface area contributed by atoms with Crippen LogP contribution in [0.3, 0.4) is 0 Å². The first-order valence-corrected chi connectivity index (χ1v) is 5.85. The molecule has 1 aliphatic carbocycles. The van der Waals surface area contributed by atoms with Crippen LogP contribution < -0.4 is 0 Å². The summed E-state index contributed by atoms with van der Waals surface area (Å²) in [6, 6.07) is 0.102. The predicted octanol–water partition coefficient (Wildman–Crippen LogP) is 1.60. The van der Waals surface area contributed by atoms with E-state index in [1.165, 1.54) is 11.3 Å². The van der Waals surface area contributed by atoms with Crippen LogP contribution in [0.2, 0.25) is 0 Å². The maximum Gasteiger partial charge on any atom is 0.327 e. The van der Waals surface area contributed by atoms with Gasteiger partial charge in [-0.1, -0.05) is 19.3 Å². The van der Waals surface area contributed by atoms with Crippen LogP contribution >= 0.6 is 0 Å². The summed E-state index contributed by atoms with van der Waals surface area (Å²) in [6.45, 7) is 2.83. The number of imide groups is 1. The van der Waals surface area contributed by atoms with Crippen LogP contribution in [-0.2, 0) is 4.79 Å². The highest BCUT2D eigenvalue weighted by molar-refractivity contribution is 6.02. The summed E-state index contributed by atoms with van der Waals surface area (Å²) in [5.74, 6) is -0.00579. The molecule has 0 aromatic rings. The molecule has 2 aliphatic rings. The number of urea groups is 1. The Balaban J connectivity index is 2.07. The number of hydrogen-bond donors (Lipinski definition) is 0. The van der Waals surface area contributed by atoms with Crippen molar-refractivity contribution in [1.29, 1.82) is 0 Å². The molecule has 0 radical (unpaired) electrons. The van der Waals surface area contributed by atoms with Crippen molar-refractivity contribution in [3.05, 3.63) is 0 Å². The van der Waals surface area contributed by atoms with Gasteiger partial charge in [-0.2, -0.15) is 0 Å². The highest BCUT2D eigenvalue weighted by Crippen LogP contribution is 2.26. The van der Waals surface area contributed by atoms with Crippen LogP contribution in [-0.4, -0.2) is 40.9 Å². The van der Waals surface area contributed by atoms with Crippen molar-refractivity contribution in [3.63, 3.8) is 0 Å². The van der Waals surface area contributed by atoms with Gasteiger partial charge in [-0.3, -0.25) is 9.69 Å². The summed E-state index contributed by atoms with van der Waals surface area (Å²) >= 11 is 0. The standard InChI is InChI=1S/C11H18N2O2/c1-2-12-8-10(14)13(11(12)15)9-6-4-3-5-7-9/h9H,2-8H2,1H3. The molecule has 0 atom stereocenters. The lowest BCUT2D eigenvalue weighted by molar-refractivity contribution is -0.127. The molecule has 0 bridgehead atoms. The lowest BCUT2D eigenvalue weighted by Gasteiger charge is -2.29. The lowest BCUT2D eigenvalue weighted by atomic mass is 9.94. The normalized spacial score (nSPS) is 24.1. The number of likely N-dealkylation sites (N-methyl/N-ethyl adjacent to an activating group) is 1. The molecule has 0 spiro atoms. The van der Waals surface area contributed by atoms with Gasteiger partial charge in [-0.15, -0.1) is 0 Å². The van der Waals surface area contributed by atoms with E-state index in [0.29, 0.717) is 6.54 Å². The molecule has 2 fully saturated rings. The summed E-state index contributed by atoms with van der Waals surface area (Å²) in [4.78, 5) is 26.7. The molecular formula is C11H18N2O2. The zero-order chi connectivity index (χ0) is 10.8. The minimum absolute atomic E-state index is 0.00579. The van der Waals surface area contributed by atoms with Crippen LogP contribution in [0.5, 0.6) is 0 Å². The molecule has 4 nitrogen and oxygen atoms in total. The average molecular weight is 210 g/mol. The second-order valence-corrected chi connectivity index (χ2v) is 4.35. The Morgan fingerprint density at radius 1 is 1.20 bits per heavy atom. The first-order chi connectivity index (χ1) is 7.24. The molecule has 15 heavy (non-hydrogen) atoms. The molecule has 2 rings (SSSR count). The Morgan fingerprint density at radius 3 is 2.40 bits per heavy atom. The Kier molecular flexibility index (Phi) is 2.93. The topological polar surface area (TPSA) is 40.6 Å². The number of amides is 3. The van der Waals surface area contributed by atoms with Crippen molar-refractivity contribution < 1.29 is 9.59 Å². The van der Waals surface area contributed by atoms with Crippen LogP contribution in [0.1, 0.15) is 39.0 Å². The summed E-state index contributed by atoms with van der Waals surface area (Å²) in [5, 5.41) is 0. The maximum absolute atomic E-state index is 11.9. The number of nitrogens with zero attached hydrogens (tertiary/aromatic N) is 2. The van der Waals surface area contributed by atoms with E-state index in [2.05, 4.69) is 0 Å². The molecule has 1 saturated heterocycles. The zero-order valence-electron chi connectivity index (χ0n) is 9.24. The molecule has 0 unspecified atom stereocenters. The van der Waals surface area contributed by atoms with Crippen LogP contribution in [0.25, 0.3) is 0 Å². The molecule has 3 amide bonds. The SMILES string of the molecule is CCN1CC(=O)N(C2CCCCC2)C1=O. The molecule has 1 heterocycles. The minimum Gasteiger partial charge on any atom is -0.315 e. The van der Waals surface area contributed by atoms with Gasteiger partial charge in [-0.05, 0) is 19.8 Å². The number of hydrogen-bond acceptors (Lipinski definition) is 2. The van der Waals surface area contributed by atoms with E-state index in [0.717, 1.165) is 25.7 Å². The van der Waals surface area contributed by atoms with Gasteiger partial charge in [0.2, 0.25) is 0 Å². The third-order valence-electron chi connectivity index (χ3n) is 3.39. The van der Waals surface area contributed by atoms with Crippen molar-refractivity contribution in [3.8, 4) is 0 Å². The van der Waals surface area contributed by atoms with Gasteiger partial charge in [0.25, 0.3) is 5.91 Å². The Hall–Kier alpha value is -1.06. The van der Waals surface area contributed by atoms with E-state index in [4.69, 9.17) is 0 Å². The molecular weight excluding hydrogens is 192 g/mol. The van der Waals surface area contributed by atoms with Crippen molar-refractivity contribution >= 4 is 11.9 Å². The second kappa shape index (κ2) is 4.21. The van der Waals surface area contributed by atoms with E-state index >= 15 is 0 Å². The van der Waals surface area contributed by atoms with Crippen molar-refractivity contribution in [2.24, 2.45) is 0 Å². The summed E-state index contributed by atoms with van der Waals surface area (Å²) < 4.78 is 0. The second-order valence-electron chi connectivity index (χ2n) is 4.35. The third-order valence-corrected chi connectivity index (χ3v) is 3.39. The number of carbonyl (C=O) groups is 2. The molecule has 4 heteroatoms. The van der Waals surface area contributed by atoms with Crippen LogP contribution in [0.15, 0.2) is 0 Å². The van der Waals surface area contributed by atoms with Crippen molar-refractivity contribution in [1.82, 2.24) is 9.80 Å². The largest absolute Gasteiger partial charge is 0.327 e. The van der Waals surface area contributed by atoms with Crippen molar-refractivity contribution in [2.75, 3.05) is 13.1 Å². The molecule has 0 aromatic carbocycles. The molecule has 0 aromatic heterocycles. The van der Waals surface area contributed by atoms with Crippen LogP contribution in [0.4, 0.5) is 4.79 Å². The van der Waals surface area contributed by atoms with Gasteiger partial charge in [-0.25, -0.2) is 4.79 Å². The van der Waals surface area contributed by atoms with Gasteiger partial charge in [0, 0.05) is 12.6 Å². The van der Waals surface area contributed by atoms with Gasteiger partial charge in [0.1, 0.15) is 6.54 Å². The summed E-state index contributed by atoms with van der Waals surface area (Å²) in [5.41, 5.74) is 0. The monoisotopic (exact) mass is 210 g/mol. The Bertz CT molecular complexity index is 272. The highest BCUT2D eigenvalue weighted by atomic mass is 16.2. The first kappa shape index (κ1) is 10.5. The number of rotatable bonds is 2. The minimum atomic E-state index is -0.0746. The van der Waals surface area contributed by atoms with E-state index in [9.17, 15) is 9.59 Å². The molecule has 0 N–H and O–H groups in total. The molecule has 84 valence electrons. The fraction of sp³-hybridized carbons (Fsp3) is 0.818. The summed E-state index contributed by atoms with van der Waals surface area (Å²) in [6.07, 6.45) is 5.52.